The summed E-state index contributed by atoms with van der Waals surface area (Å²) in [5, 5.41) is 18.7. The third-order valence-corrected chi connectivity index (χ3v) is 4.53. The summed E-state index contributed by atoms with van der Waals surface area (Å²) in [5.41, 5.74) is 0.817. The number of aryl methyl sites for hydroxylation is 1. The van der Waals surface area contributed by atoms with Gasteiger partial charge in [0.25, 0.3) is 10.0 Å². The van der Waals surface area contributed by atoms with E-state index in [2.05, 4.69) is 4.72 Å². The minimum atomic E-state index is -3.90. The van der Waals surface area contributed by atoms with Crippen LogP contribution in [0.1, 0.15) is 11.1 Å². The molecule has 0 saturated heterocycles. The molecule has 0 bridgehead atoms. The van der Waals surface area contributed by atoms with Crippen molar-refractivity contribution in [1.29, 1.82) is 5.26 Å². The summed E-state index contributed by atoms with van der Waals surface area (Å²) in [5.74, 6) is -0.138. The highest BCUT2D eigenvalue weighted by Gasteiger charge is 2.18. The van der Waals surface area contributed by atoms with Gasteiger partial charge in [0.05, 0.1) is 21.2 Å². The highest BCUT2D eigenvalue weighted by molar-refractivity contribution is 7.92. The van der Waals surface area contributed by atoms with E-state index in [0.29, 0.717) is 5.56 Å². The standard InChI is InChI=1S/C14H11ClN2O3S/c1-9-3-2-4-13(14(9)18)17-21(19,20)11-6-5-10(8-16)12(15)7-11/h2-7,17-18H,1H3. The van der Waals surface area contributed by atoms with Crippen LogP contribution in [0.3, 0.4) is 0 Å². The van der Waals surface area contributed by atoms with Gasteiger partial charge in [0.1, 0.15) is 11.8 Å². The molecule has 2 N–H and O–H groups in total. The summed E-state index contributed by atoms with van der Waals surface area (Å²) in [6.07, 6.45) is 0. The van der Waals surface area contributed by atoms with Crippen molar-refractivity contribution >= 4 is 27.3 Å². The molecule has 21 heavy (non-hydrogen) atoms. The highest BCUT2D eigenvalue weighted by atomic mass is 35.5. The molecule has 7 heteroatoms. The van der Waals surface area contributed by atoms with Gasteiger partial charge in [-0.25, -0.2) is 8.42 Å². The van der Waals surface area contributed by atoms with Gasteiger partial charge >= 0.3 is 0 Å². The van der Waals surface area contributed by atoms with Crippen LogP contribution < -0.4 is 4.72 Å². The number of hydrogen-bond donors (Lipinski definition) is 2. The Morgan fingerprint density at radius 2 is 2.00 bits per heavy atom. The minimum absolute atomic E-state index is 0.0499. The molecule has 0 unspecified atom stereocenters. The number of para-hydroxylation sites is 1. The number of hydrogen-bond acceptors (Lipinski definition) is 4. The summed E-state index contributed by atoms with van der Waals surface area (Å²) in [6, 6.07) is 10.4. The van der Waals surface area contributed by atoms with Gasteiger partial charge < -0.3 is 5.11 Å². The number of aromatic hydroxyl groups is 1. The molecule has 0 amide bonds. The minimum Gasteiger partial charge on any atom is -0.505 e. The molecule has 0 aromatic heterocycles. The molecule has 0 radical (unpaired) electrons. The van der Waals surface area contributed by atoms with Crippen molar-refractivity contribution in [2.75, 3.05) is 4.72 Å². The summed E-state index contributed by atoms with van der Waals surface area (Å²) in [6.45, 7) is 1.66. The molecule has 0 atom stereocenters. The number of sulfonamides is 1. The Bertz CT molecular complexity index is 842. The maximum Gasteiger partial charge on any atom is 0.262 e. The van der Waals surface area contributed by atoms with Gasteiger partial charge in [0.15, 0.2) is 0 Å². The van der Waals surface area contributed by atoms with E-state index in [1.165, 1.54) is 24.3 Å². The van der Waals surface area contributed by atoms with Crippen molar-refractivity contribution in [2.45, 2.75) is 11.8 Å². The fraction of sp³-hybridized carbons (Fsp3) is 0.0714. The van der Waals surface area contributed by atoms with Crippen molar-refractivity contribution < 1.29 is 13.5 Å². The predicted molar refractivity (Wildman–Crippen MR) is 79.8 cm³/mol. The number of nitrogens with one attached hydrogen (secondary N) is 1. The maximum absolute atomic E-state index is 12.3. The molecule has 0 aliphatic carbocycles. The molecule has 2 aromatic carbocycles. The average Bonchev–Trinajstić information content (AvgIpc) is 2.43. The molecule has 0 fully saturated rings. The van der Waals surface area contributed by atoms with E-state index < -0.39 is 10.0 Å². The first-order chi connectivity index (χ1) is 9.85. The topological polar surface area (TPSA) is 90.2 Å². The van der Waals surface area contributed by atoms with E-state index in [-0.39, 0.29) is 26.9 Å². The molecule has 2 rings (SSSR count). The Hall–Kier alpha value is -2.23. The first-order valence-electron chi connectivity index (χ1n) is 5.86. The molecule has 2 aromatic rings. The summed E-state index contributed by atoms with van der Waals surface area (Å²) in [4.78, 5) is -0.0904. The van der Waals surface area contributed by atoms with Gasteiger partial charge in [-0.15, -0.1) is 0 Å². The Labute approximate surface area is 127 Å². The number of anilines is 1. The van der Waals surface area contributed by atoms with Crippen molar-refractivity contribution in [3.8, 4) is 11.8 Å². The third kappa shape index (κ3) is 3.10. The van der Waals surface area contributed by atoms with Crippen LogP contribution in [-0.2, 0) is 10.0 Å². The van der Waals surface area contributed by atoms with Gasteiger partial charge in [-0.3, -0.25) is 4.72 Å². The SMILES string of the molecule is Cc1cccc(NS(=O)(=O)c2ccc(C#N)c(Cl)c2)c1O. The van der Waals surface area contributed by atoms with Crippen LogP contribution in [0.2, 0.25) is 5.02 Å². The fourth-order valence-electron chi connectivity index (χ4n) is 1.70. The van der Waals surface area contributed by atoms with Crippen molar-refractivity contribution in [3.05, 3.63) is 52.5 Å². The number of phenols is 1. The zero-order valence-electron chi connectivity index (χ0n) is 11.0. The van der Waals surface area contributed by atoms with E-state index >= 15 is 0 Å². The zero-order valence-corrected chi connectivity index (χ0v) is 12.5. The molecule has 0 aliphatic rings. The van der Waals surface area contributed by atoms with E-state index in [4.69, 9.17) is 16.9 Å². The van der Waals surface area contributed by atoms with E-state index in [1.54, 1.807) is 19.1 Å². The normalized spacial score (nSPS) is 10.9. The maximum atomic E-state index is 12.3. The van der Waals surface area contributed by atoms with Crippen LogP contribution in [0, 0.1) is 18.3 Å². The molecule has 0 spiro atoms. The number of nitrogens with zero attached hydrogens (tertiary/aromatic N) is 1. The first-order valence-corrected chi connectivity index (χ1v) is 7.72. The van der Waals surface area contributed by atoms with E-state index in [1.807, 2.05) is 6.07 Å². The number of benzene rings is 2. The van der Waals surface area contributed by atoms with Crippen LogP contribution in [0.4, 0.5) is 5.69 Å². The molecule has 5 nitrogen and oxygen atoms in total. The largest absolute Gasteiger partial charge is 0.505 e. The second-order valence-electron chi connectivity index (χ2n) is 4.33. The Morgan fingerprint density at radius 1 is 1.29 bits per heavy atom. The molecular formula is C14H11ClN2O3S. The Balaban J connectivity index is 2.41. The van der Waals surface area contributed by atoms with Gasteiger partial charge in [-0.2, -0.15) is 5.26 Å². The highest BCUT2D eigenvalue weighted by Crippen LogP contribution is 2.29. The second kappa shape index (κ2) is 5.64. The van der Waals surface area contributed by atoms with Gasteiger partial charge in [-0.1, -0.05) is 23.7 Å². The second-order valence-corrected chi connectivity index (χ2v) is 6.42. The van der Waals surface area contributed by atoms with Gasteiger partial charge in [0, 0.05) is 0 Å². The molecule has 0 saturated carbocycles. The molecule has 0 heterocycles. The lowest BCUT2D eigenvalue weighted by atomic mass is 10.2. The van der Waals surface area contributed by atoms with E-state index in [9.17, 15) is 13.5 Å². The summed E-state index contributed by atoms with van der Waals surface area (Å²) in [7, 11) is -3.90. The van der Waals surface area contributed by atoms with Gasteiger partial charge in [0.2, 0.25) is 0 Å². The van der Waals surface area contributed by atoms with Crippen LogP contribution in [-0.4, -0.2) is 13.5 Å². The Morgan fingerprint density at radius 3 is 2.62 bits per heavy atom. The van der Waals surface area contributed by atoms with Gasteiger partial charge in [-0.05, 0) is 36.8 Å². The predicted octanol–water partition coefficient (Wildman–Crippen LogP) is 3.03. The lowest BCUT2D eigenvalue weighted by Gasteiger charge is -2.11. The number of halogens is 1. The number of rotatable bonds is 3. The van der Waals surface area contributed by atoms with Crippen LogP contribution in [0.25, 0.3) is 0 Å². The third-order valence-electron chi connectivity index (χ3n) is 2.85. The quantitative estimate of drug-likeness (QED) is 0.850. The van der Waals surface area contributed by atoms with Crippen LogP contribution >= 0.6 is 11.6 Å². The van der Waals surface area contributed by atoms with Crippen molar-refractivity contribution in [2.24, 2.45) is 0 Å². The average molecular weight is 323 g/mol. The Kier molecular flexibility index (Phi) is 4.07. The fourth-order valence-corrected chi connectivity index (χ4v) is 3.08. The lowest BCUT2D eigenvalue weighted by molar-refractivity contribution is 0.473. The molecular weight excluding hydrogens is 312 g/mol. The summed E-state index contributed by atoms with van der Waals surface area (Å²) >= 11 is 5.83. The number of nitriles is 1. The summed E-state index contributed by atoms with van der Waals surface area (Å²) < 4.78 is 26.8. The van der Waals surface area contributed by atoms with Crippen LogP contribution in [0.5, 0.6) is 5.75 Å². The zero-order chi connectivity index (χ0) is 15.6. The van der Waals surface area contributed by atoms with E-state index in [0.717, 1.165) is 0 Å². The monoisotopic (exact) mass is 322 g/mol. The first kappa shape index (κ1) is 15.2. The van der Waals surface area contributed by atoms with Crippen LogP contribution in [0.15, 0.2) is 41.3 Å². The smallest absolute Gasteiger partial charge is 0.262 e. The van der Waals surface area contributed by atoms with Crippen molar-refractivity contribution in [3.63, 3.8) is 0 Å². The molecule has 108 valence electrons. The van der Waals surface area contributed by atoms with Crippen molar-refractivity contribution in [1.82, 2.24) is 0 Å². The molecule has 0 aliphatic heterocycles. The number of phenolic OH excluding ortho intramolecular Hbond substituents is 1. The lowest BCUT2D eigenvalue weighted by Crippen LogP contribution is -2.13.